The van der Waals surface area contributed by atoms with E-state index >= 15 is 0 Å². The lowest BCUT2D eigenvalue weighted by Gasteiger charge is -2.25. The first-order chi connectivity index (χ1) is 11.8. The Bertz CT molecular complexity index is 673. The van der Waals surface area contributed by atoms with Crippen LogP contribution in [0.15, 0.2) is 24.3 Å². The van der Waals surface area contributed by atoms with Crippen molar-refractivity contribution in [1.29, 1.82) is 5.26 Å². The molecule has 1 aliphatic heterocycles. The van der Waals surface area contributed by atoms with Crippen molar-refractivity contribution >= 4 is 11.8 Å². The molecule has 0 radical (unpaired) electrons. The van der Waals surface area contributed by atoms with Gasteiger partial charge in [-0.3, -0.25) is 14.5 Å². The minimum atomic E-state index is -0.239. The van der Waals surface area contributed by atoms with Gasteiger partial charge in [-0.1, -0.05) is 6.07 Å². The Morgan fingerprint density at radius 2 is 1.96 bits per heavy atom. The van der Waals surface area contributed by atoms with Crippen LogP contribution in [0.2, 0.25) is 0 Å². The van der Waals surface area contributed by atoms with Gasteiger partial charge in [0.05, 0.1) is 18.2 Å². The van der Waals surface area contributed by atoms with E-state index < -0.39 is 0 Å². The molecule has 0 aliphatic carbocycles. The largest absolute Gasteiger partial charge is 0.350 e. The Hall–Kier alpha value is -2.39. The first kappa shape index (κ1) is 18.9. The van der Waals surface area contributed by atoms with Crippen LogP contribution in [0.5, 0.6) is 0 Å². The van der Waals surface area contributed by atoms with Crippen molar-refractivity contribution in [2.45, 2.75) is 32.7 Å². The van der Waals surface area contributed by atoms with Gasteiger partial charge in [-0.15, -0.1) is 0 Å². The van der Waals surface area contributed by atoms with Gasteiger partial charge in [-0.25, -0.2) is 0 Å². The van der Waals surface area contributed by atoms with Crippen molar-refractivity contribution in [2.24, 2.45) is 0 Å². The monoisotopic (exact) mass is 342 g/mol. The molecule has 0 spiro atoms. The SMILES string of the molecule is CC(C)(C)NC(=O)CN1CCCN(C(=O)c2cccc(C#N)c2)CC1. The molecular weight excluding hydrogens is 316 g/mol. The average Bonchev–Trinajstić information content (AvgIpc) is 2.78. The summed E-state index contributed by atoms with van der Waals surface area (Å²) in [6, 6.07) is 8.84. The van der Waals surface area contributed by atoms with Crippen LogP contribution in [0.25, 0.3) is 0 Å². The molecule has 6 nitrogen and oxygen atoms in total. The van der Waals surface area contributed by atoms with Crippen molar-refractivity contribution in [1.82, 2.24) is 15.1 Å². The Morgan fingerprint density at radius 3 is 2.64 bits per heavy atom. The fourth-order valence-corrected chi connectivity index (χ4v) is 2.90. The van der Waals surface area contributed by atoms with Gasteiger partial charge in [-0.05, 0) is 45.4 Å². The predicted octanol–water partition coefficient (Wildman–Crippen LogP) is 1.62. The van der Waals surface area contributed by atoms with Gasteiger partial charge in [0.1, 0.15) is 0 Å². The highest BCUT2D eigenvalue weighted by atomic mass is 16.2. The van der Waals surface area contributed by atoms with Gasteiger partial charge < -0.3 is 10.2 Å². The molecule has 6 heteroatoms. The van der Waals surface area contributed by atoms with E-state index in [4.69, 9.17) is 5.26 Å². The third kappa shape index (κ3) is 5.87. The molecule has 1 aromatic rings. The first-order valence-corrected chi connectivity index (χ1v) is 8.61. The van der Waals surface area contributed by atoms with Crippen LogP contribution in [0.4, 0.5) is 0 Å². The summed E-state index contributed by atoms with van der Waals surface area (Å²) in [6.45, 7) is 8.94. The molecule has 2 amide bonds. The van der Waals surface area contributed by atoms with E-state index in [0.29, 0.717) is 37.3 Å². The van der Waals surface area contributed by atoms with Crippen molar-refractivity contribution in [3.8, 4) is 6.07 Å². The van der Waals surface area contributed by atoms with E-state index in [1.54, 1.807) is 29.2 Å². The summed E-state index contributed by atoms with van der Waals surface area (Å²) in [5.41, 5.74) is 0.788. The highest BCUT2D eigenvalue weighted by Crippen LogP contribution is 2.11. The fourth-order valence-electron chi connectivity index (χ4n) is 2.90. The quantitative estimate of drug-likeness (QED) is 0.906. The summed E-state index contributed by atoms with van der Waals surface area (Å²) in [7, 11) is 0. The maximum absolute atomic E-state index is 12.7. The first-order valence-electron chi connectivity index (χ1n) is 8.61. The lowest BCUT2D eigenvalue weighted by Crippen LogP contribution is -2.46. The smallest absolute Gasteiger partial charge is 0.253 e. The normalized spacial score (nSPS) is 16.0. The molecule has 1 aliphatic rings. The number of carbonyl (C=O) groups is 2. The van der Waals surface area contributed by atoms with Gasteiger partial charge >= 0.3 is 0 Å². The summed E-state index contributed by atoms with van der Waals surface area (Å²) in [4.78, 5) is 28.6. The van der Waals surface area contributed by atoms with E-state index in [2.05, 4.69) is 16.3 Å². The number of hydrogen-bond acceptors (Lipinski definition) is 4. The van der Waals surface area contributed by atoms with Crippen molar-refractivity contribution < 1.29 is 9.59 Å². The number of benzene rings is 1. The molecule has 1 saturated heterocycles. The summed E-state index contributed by atoms with van der Waals surface area (Å²) >= 11 is 0. The zero-order valence-corrected chi connectivity index (χ0v) is 15.2. The number of nitriles is 1. The Balaban J connectivity index is 1.93. The van der Waals surface area contributed by atoms with Crippen LogP contribution >= 0.6 is 0 Å². The highest BCUT2D eigenvalue weighted by molar-refractivity contribution is 5.94. The highest BCUT2D eigenvalue weighted by Gasteiger charge is 2.22. The Kier molecular flexibility index (Phi) is 6.16. The Labute approximate surface area is 149 Å². The second kappa shape index (κ2) is 8.13. The summed E-state index contributed by atoms with van der Waals surface area (Å²) in [5.74, 6) is -0.0490. The standard InChI is InChI=1S/C19H26N4O2/c1-19(2,3)21-17(24)14-22-8-5-9-23(11-10-22)18(25)16-7-4-6-15(12-16)13-20/h4,6-7,12H,5,8-11,14H2,1-3H3,(H,21,24). The summed E-state index contributed by atoms with van der Waals surface area (Å²) in [6.07, 6.45) is 0.826. The van der Waals surface area contributed by atoms with Gasteiger partial charge in [0, 0.05) is 37.3 Å². The molecule has 25 heavy (non-hydrogen) atoms. The van der Waals surface area contributed by atoms with Gasteiger partial charge in [0.2, 0.25) is 5.91 Å². The zero-order valence-electron chi connectivity index (χ0n) is 15.2. The second-order valence-corrected chi connectivity index (χ2v) is 7.41. The molecule has 0 bridgehead atoms. The molecular formula is C19H26N4O2. The average molecular weight is 342 g/mol. The van der Waals surface area contributed by atoms with Crippen molar-refractivity contribution in [3.63, 3.8) is 0 Å². The van der Waals surface area contributed by atoms with Gasteiger partial charge in [0.25, 0.3) is 5.91 Å². The number of nitrogens with zero attached hydrogens (tertiary/aromatic N) is 3. The molecule has 0 saturated carbocycles. The molecule has 1 aromatic carbocycles. The van der Waals surface area contributed by atoms with E-state index in [1.807, 2.05) is 20.8 Å². The van der Waals surface area contributed by atoms with E-state index in [-0.39, 0.29) is 17.4 Å². The van der Waals surface area contributed by atoms with Gasteiger partial charge in [-0.2, -0.15) is 5.26 Å². The van der Waals surface area contributed by atoms with Crippen LogP contribution in [-0.4, -0.2) is 59.9 Å². The maximum Gasteiger partial charge on any atom is 0.253 e. The van der Waals surface area contributed by atoms with Crippen LogP contribution in [0, 0.1) is 11.3 Å². The minimum absolute atomic E-state index is 0.00833. The lowest BCUT2D eigenvalue weighted by atomic mass is 10.1. The molecule has 0 aromatic heterocycles. The Morgan fingerprint density at radius 1 is 1.20 bits per heavy atom. The van der Waals surface area contributed by atoms with Crippen LogP contribution in [-0.2, 0) is 4.79 Å². The van der Waals surface area contributed by atoms with Crippen molar-refractivity contribution in [3.05, 3.63) is 35.4 Å². The molecule has 1 fully saturated rings. The minimum Gasteiger partial charge on any atom is -0.350 e. The second-order valence-electron chi connectivity index (χ2n) is 7.41. The van der Waals surface area contributed by atoms with Crippen LogP contribution < -0.4 is 5.32 Å². The fraction of sp³-hybridized carbons (Fsp3) is 0.526. The molecule has 134 valence electrons. The number of carbonyl (C=O) groups excluding carboxylic acids is 2. The number of amides is 2. The molecule has 1 heterocycles. The predicted molar refractivity (Wildman–Crippen MR) is 96.0 cm³/mol. The topological polar surface area (TPSA) is 76.4 Å². The van der Waals surface area contributed by atoms with E-state index in [9.17, 15) is 9.59 Å². The molecule has 1 N–H and O–H groups in total. The van der Waals surface area contributed by atoms with Crippen molar-refractivity contribution in [2.75, 3.05) is 32.7 Å². The van der Waals surface area contributed by atoms with Gasteiger partial charge in [0.15, 0.2) is 0 Å². The number of nitrogens with one attached hydrogen (secondary N) is 1. The third-order valence-electron chi connectivity index (χ3n) is 4.00. The van der Waals surface area contributed by atoms with E-state index in [0.717, 1.165) is 13.0 Å². The maximum atomic E-state index is 12.7. The molecule has 0 atom stereocenters. The van der Waals surface area contributed by atoms with E-state index in [1.165, 1.54) is 0 Å². The summed E-state index contributed by atoms with van der Waals surface area (Å²) < 4.78 is 0. The van der Waals surface area contributed by atoms with Crippen LogP contribution in [0.1, 0.15) is 43.1 Å². The number of hydrogen-bond donors (Lipinski definition) is 1. The molecule has 2 rings (SSSR count). The molecule has 0 unspecified atom stereocenters. The lowest BCUT2D eigenvalue weighted by molar-refractivity contribution is -0.123. The third-order valence-corrected chi connectivity index (χ3v) is 4.00. The van der Waals surface area contributed by atoms with Crippen LogP contribution in [0.3, 0.4) is 0 Å². The zero-order chi connectivity index (χ0) is 18.4. The summed E-state index contributed by atoms with van der Waals surface area (Å²) in [5, 5.41) is 11.9. The number of rotatable bonds is 3.